The number of rotatable bonds is 39. The van der Waals surface area contributed by atoms with Crippen molar-refractivity contribution < 1.29 is 58.2 Å². The molecule has 1 aromatic rings. The van der Waals surface area contributed by atoms with Crippen molar-refractivity contribution in [3.63, 3.8) is 0 Å². The summed E-state index contributed by atoms with van der Waals surface area (Å²) in [5, 5.41) is 43.8. The van der Waals surface area contributed by atoms with Gasteiger partial charge in [-0.15, -0.1) is 0 Å². The molecule has 0 heterocycles. The van der Waals surface area contributed by atoms with Crippen LogP contribution in [0.5, 0.6) is 0 Å². The number of aliphatic hydroxyl groups is 1. The number of carboxylic acids is 1. The maximum atomic E-state index is 14.1. The lowest BCUT2D eigenvalue weighted by atomic mass is 9.99. The van der Waals surface area contributed by atoms with E-state index in [1.807, 2.05) is 27.7 Å². The number of aliphatic carboxylic acids is 1. The Morgan fingerprint density at radius 3 is 1.48 bits per heavy atom. The fourth-order valence-electron chi connectivity index (χ4n) is 8.03. The SMILES string of the molecule is CSCC[C@@H](NC(=O)[C@H](C)NC(=O)[C@@H](NC(=O)[C@@H](NC(=O)[C@@H](N)CCCCN)C(C)C)[C@@H](C)O)C(=O)N[C@@H](CCCCN)C(=O)N[C@@H](CS)C(=O)N[C@@H](Cc1ccccc1)C(=O)N[C@@H](CC(C)C)C(=O)N[C@@H](CC(C)C)C(=O)O. The summed E-state index contributed by atoms with van der Waals surface area (Å²) in [5.41, 5.74) is 18.0. The number of carbonyl (C=O) groups excluding carboxylic acids is 9. The van der Waals surface area contributed by atoms with Gasteiger partial charge in [0.2, 0.25) is 53.2 Å². The minimum absolute atomic E-state index is 0.0416. The number of unbranched alkanes of at least 4 members (excludes halogenated alkanes) is 2. The number of thiol groups is 1. The molecule has 24 nitrogen and oxygen atoms in total. The van der Waals surface area contributed by atoms with Crippen molar-refractivity contribution in [3.05, 3.63) is 35.9 Å². The van der Waals surface area contributed by atoms with E-state index in [9.17, 15) is 58.2 Å². The highest BCUT2D eigenvalue weighted by atomic mass is 32.2. The predicted octanol–water partition coefficient (Wildman–Crippen LogP) is -0.906. The summed E-state index contributed by atoms with van der Waals surface area (Å²) in [7, 11) is 0. The summed E-state index contributed by atoms with van der Waals surface area (Å²) < 4.78 is 0. The molecular formula is C53H92N12O12S2. The maximum absolute atomic E-state index is 14.1. The van der Waals surface area contributed by atoms with E-state index >= 15 is 0 Å². The summed E-state index contributed by atoms with van der Waals surface area (Å²) in [6.07, 6.45) is 3.12. The van der Waals surface area contributed by atoms with Crippen LogP contribution in [0.25, 0.3) is 0 Å². The van der Waals surface area contributed by atoms with E-state index in [0.717, 1.165) is 0 Å². The third kappa shape index (κ3) is 27.5. The second-order valence-electron chi connectivity index (χ2n) is 21.0. The first-order chi connectivity index (χ1) is 37.2. The van der Waals surface area contributed by atoms with Crippen molar-refractivity contribution in [2.45, 2.75) is 186 Å². The fraction of sp³-hybridized carbons (Fsp3) is 0.698. The average Bonchev–Trinajstić information content (AvgIpc) is 3.38. The van der Waals surface area contributed by atoms with Gasteiger partial charge in [0, 0.05) is 12.2 Å². The predicted molar refractivity (Wildman–Crippen MR) is 307 cm³/mol. The first-order valence-electron chi connectivity index (χ1n) is 27.1. The molecule has 0 saturated heterocycles. The standard InChI is InChI=1S/C53H92N12O12S2/c1-29(2)25-38(48(71)62-40(53(76)77)26-30(3)4)60-49(72)39(27-34-17-11-10-12-18-34)61-50(73)41(28-78)63-46(69)36(20-14-16-23-55)59-47(70)37(21-24-79-9)58-44(67)32(7)57-52(75)43(33(8)66)65-51(74)42(31(5)6)64-45(68)35(56)19-13-15-22-54/h10-12,17-18,29-33,35-43,66,78H,13-16,19-28,54-56H2,1-9H3,(H,57,75)(H,58,67)(H,59,70)(H,60,72)(H,61,73)(H,62,71)(H,63,69)(H,64,68)(H,65,74)(H,76,77)/t32-,33+,35-,36-,37+,38-,39-,40-,41-,42-,43-/m0/s1. The molecule has 79 heavy (non-hydrogen) atoms. The van der Waals surface area contributed by atoms with Crippen LogP contribution in [0.4, 0.5) is 0 Å². The summed E-state index contributed by atoms with van der Waals surface area (Å²) in [5.74, 6) is -8.73. The molecule has 0 radical (unpaired) electrons. The van der Waals surface area contributed by atoms with E-state index in [1.54, 1.807) is 50.4 Å². The monoisotopic (exact) mass is 1150 g/mol. The zero-order chi connectivity index (χ0) is 59.9. The van der Waals surface area contributed by atoms with Crippen LogP contribution in [0.15, 0.2) is 30.3 Å². The number of thioether (sulfide) groups is 1. The quantitative estimate of drug-likeness (QED) is 0.0280. The van der Waals surface area contributed by atoms with E-state index < -0.39 is 132 Å². The van der Waals surface area contributed by atoms with Crippen LogP contribution in [-0.4, -0.2) is 167 Å². The average molecular weight is 1150 g/mol. The molecular weight excluding hydrogens is 1060 g/mol. The van der Waals surface area contributed by atoms with Crippen LogP contribution >= 0.6 is 24.4 Å². The van der Waals surface area contributed by atoms with Crippen molar-refractivity contribution in [1.29, 1.82) is 0 Å². The first kappa shape index (κ1) is 71.5. The molecule has 0 saturated carbocycles. The fourth-order valence-corrected chi connectivity index (χ4v) is 8.75. The molecule has 0 fully saturated rings. The smallest absolute Gasteiger partial charge is 0.326 e. The number of nitrogens with one attached hydrogen (secondary N) is 9. The molecule has 0 aliphatic carbocycles. The zero-order valence-electron chi connectivity index (χ0n) is 47.4. The van der Waals surface area contributed by atoms with E-state index in [1.165, 1.54) is 25.6 Å². The minimum atomic E-state index is -1.58. The van der Waals surface area contributed by atoms with Crippen LogP contribution in [0, 0.1) is 17.8 Å². The summed E-state index contributed by atoms with van der Waals surface area (Å²) in [4.78, 5) is 136. The second-order valence-corrected chi connectivity index (χ2v) is 22.3. The number of aliphatic hydroxyl groups excluding tert-OH is 1. The Hall–Kier alpha value is -5.54. The van der Waals surface area contributed by atoms with Gasteiger partial charge in [0.1, 0.15) is 54.4 Å². The van der Waals surface area contributed by atoms with Crippen LogP contribution in [0.1, 0.15) is 119 Å². The van der Waals surface area contributed by atoms with Crippen molar-refractivity contribution in [2.24, 2.45) is 35.0 Å². The van der Waals surface area contributed by atoms with Gasteiger partial charge in [-0.05, 0) is 114 Å². The number of amides is 9. The van der Waals surface area contributed by atoms with Gasteiger partial charge in [0.15, 0.2) is 0 Å². The lowest BCUT2D eigenvalue weighted by Gasteiger charge is -2.28. The molecule has 0 spiro atoms. The first-order valence-corrected chi connectivity index (χ1v) is 29.2. The van der Waals surface area contributed by atoms with E-state index in [0.29, 0.717) is 50.0 Å². The Balaban J connectivity index is 3.35. The van der Waals surface area contributed by atoms with Crippen LogP contribution in [0.3, 0.4) is 0 Å². The minimum Gasteiger partial charge on any atom is -0.480 e. The Bertz CT molecular complexity index is 2110. The van der Waals surface area contributed by atoms with E-state index in [-0.39, 0.29) is 56.2 Å². The van der Waals surface area contributed by atoms with Crippen molar-refractivity contribution in [2.75, 3.05) is 30.9 Å². The Kier molecular flexibility index (Phi) is 34.5. The number of carboxylic acid groups (broad SMARTS) is 1. The van der Waals surface area contributed by atoms with Crippen molar-refractivity contribution >= 4 is 83.5 Å². The Labute approximate surface area is 475 Å². The van der Waals surface area contributed by atoms with Crippen LogP contribution < -0.4 is 65.1 Å². The third-order valence-corrected chi connectivity index (χ3v) is 13.6. The molecule has 17 N–H and O–H groups in total. The highest BCUT2D eigenvalue weighted by Gasteiger charge is 2.36. The van der Waals surface area contributed by atoms with Gasteiger partial charge in [-0.1, -0.05) is 78.3 Å². The lowest BCUT2D eigenvalue weighted by Crippen LogP contribution is -2.62. The molecule has 9 amide bonds. The number of hydrogen-bond donors (Lipinski definition) is 15. The lowest BCUT2D eigenvalue weighted by molar-refractivity contribution is -0.143. The van der Waals surface area contributed by atoms with Gasteiger partial charge >= 0.3 is 5.97 Å². The molecule has 11 atom stereocenters. The molecule has 0 aliphatic heterocycles. The van der Waals surface area contributed by atoms with Gasteiger partial charge in [-0.25, -0.2) is 4.79 Å². The summed E-state index contributed by atoms with van der Waals surface area (Å²) in [6, 6.07) is -3.79. The van der Waals surface area contributed by atoms with Crippen molar-refractivity contribution in [1.82, 2.24) is 47.9 Å². The van der Waals surface area contributed by atoms with Gasteiger partial charge in [0.05, 0.1) is 12.1 Å². The second kappa shape index (κ2) is 38.2. The van der Waals surface area contributed by atoms with Gasteiger partial charge < -0.3 is 75.3 Å². The highest BCUT2D eigenvalue weighted by Crippen LogP contribution is 2.13. The van der Waals surface area contributed by atoms with Crippen LogP contribution in [-0.2, 0) is 54.4 Å². The summed E-state index contributed by atoms with van der Waals surface area (Å²) >= 11 is 5.71. The van der Waals surface area contributed by atoms with Crippen molar-refractivity contribution in [3.8, 4) is 0 Å². The molecule has 1 aromatic carbocycles. The van der Waals surface area contributed by atoms with E-state index in [4.69, 9.17) is 17.2 Å². The van der Waals surface area contributed by atoms with Gasteiger partial charge in [-0.2, -0.15) is 24.4 Å². The van der Waals surface area contributed by atoms with Gasteiger partial charge in [0.25, 0.3) is 0 Å². The number of nitrogens with two attached hydrogens (primary N) is 3. The topological polar surface area (TPSA) is 397 Å². The summed E-state index contributed by atoms with van der Waals surface area (Å²) in [6.45, 7) is 13.9. The Morgan fingerprint density at radius 2 is 0.962 bits per heavy atom. The molecule has 26 heteroatoms. The third-order valence-electron chi connectivity index (χ3n) is 12.6. The molecule has 0 aliphatic rings. The number of benzene rings is 1. The molecule has 0 bridgehead atoms. The number of hydrogen-bond acceptors (Lipinski definition) is 16. The zero-order valence-corrected chi connectivity index (χ0v) is 49.1. The molecule has 1 rings (SSSR count). The van der Waals surface area contributed by atoms with Crippen LogP contribution in [0.2, 0.25) is 0 Å². The highest BCUT2D eigenvalue weighted by molar-refractivity contribution is 7.98. The largest absolute Gasteiger partial charge is 0.480 e. The Morgan fingerprint density at radius 1 is 0.519 bits per heavy atom. The van der Waals surface area contributed by atoms with E-state index in [2.05, 4.69) is 60.5 Å². The number of carbonyl (C=O) groups is 10. The van der Waals surface area contributed by atoms with Gasteiger partial charge in [-0.3, -0.25) is 43.2 Å². The molecule has 448 valence electrons. The molecule has 0 unspecified atom stereocenters. The molecule has 0 aromatic heterocycles. The maximum Gasteiger partial charge on any atom is 0.326 e. The normalized spacial score (nSPS) is 15.6.